The quantitative estimate of drug-likeness (QED) is 0.914. The molecular weight excluding hydrogens is 290 g/mol. The summed E-state index contributed by atoms with van der Waals surface area (Å²) in [5.74, 6) is 1.56. The van der Waals surface area contributed by atoms with Gasteiger partial charge in [0.25, 0.3) is 0 Å². The molecule has 0 bridgehead atoms. The van der Waals surface area contributed by atoms with Crippen molar-refractivity contribution in [1.29, 1.82) is 5.26 Å². The van der Waals surface area contributed by atoms with Crippen molar-refractivity contribution in [2.45, 2.75) is 27.2 Å². The molecule has 0 atom stereocenters. The van der Waals surface area contributed by atoms with Gasteiger partial charge in [-0.2, -0.15) is 5.26 Å². The first-order valence-corrected chi connectivity index (χ1v) is 7.57. The maximum Gasteiger partial charge on any atom is 0.161 e. The molecule has 0 saturated carbocycles. The Morgan fingerprint density at radius 2 is 2.00 bits per heavy atom. The highest BCUT2D eigenvalue weighted by molar-refractivity contribution is 5.80. The van der Waals surface area contributed by atoms with Crippen molar-refractivity contribution in [2.24, 2.45) is 0 Å². The number of nitrogen functional groups attached to an aromatic ring is 1. The van der Waals surface area contributed by atoms with Crippen molar-refractivity contribution in [3.05, 3.63) is 35.0 Å². The second kappa shape index (κ2) is 7.01. The van der Waals surface area contributed by atoms with E-state index in [1.807, 2.05) is 39.0 Å². The molecule has 0 radical (unpaired) electrons. The standard InChI is InChI=1S/C18H21N3O2/c1-5-14-11(3)17(13(10-19)18(20)21-14)12-7-8-15(23-6-2)16(9-12)22-4/h7-9H,5-6H2,1-4H3,(H2,20,21). The summed E-state index contributed by atoms with van der Waals surface area (Å²) in [5.41, 5.74) is 9.89. The highest BCUT2D eigenvalue weighted by Crippen LogP contribution is 2.37. The average Bonchev–Trinajstić information content (AvgIpc) is 2.56. The maximum absolute atomic E-state index is 9.49. The molecule has 0 saturated heterocycles. The van der Waals surface area contributed by atoms with Crippen LogP contribution < -0.4 is 15.2 Å². The van der Waals surface area contributed by atoms with Crippen molar-refractivity contribution in [1.82, 2.24) is 4.98 Å². The number of aromatic nitrogens is 1. The van der Waals surface area contributed by atoms with Crippen molar-refractivity contribution in [3.8, 4) is 28.7 Å². The number of pyridine rings is 1. The number of anilines is 1. The second-order valence-corrected chi connectivity index (χ2v) is 5.08. The Bertz CT molecular complexity index is 763. The van der Waals surface area contributed by atoms with Gasteiger partial charge in [0.1, 0.15) is 17.5 Å². The number of methoxy groups -OCH3 is 1. The van der Waals surface area contributed by atoms with Gasteiger partial charge < -0.3 is 15.2 Å². The number of nitriles is 1. The average molecular weight is 311 g/mol. The first-order chi connectivity index (χ1) is 11.1. The molecule has 1 aromatic carbocycles. The summed E-state index contributed by atoms with van der Waals surface area (Å²) < 4.78 is 11.0. The number of hydrogen-bond acceptors (Lipinski definition) is 5. The van der Waals surface area contributed by atoms with E-state index in [4.69, 9.17) is 15.2 Å². The van der Waals surface area contributed by atoms with Crippen LogP contribution in [0.1, 0.15) is 30.7 Å². The van der Waals surface area contributed by atoms with Crippen LogP contribution in [0.4, 0.5) is 5.82 Å². The molecule has 1 heterocycles. The van der Waals surface area contributed by atoms with Crippen molar-refractivity contribution in [2.75, 3.05) is 19.5 Å². The van der Waals surface area contributed by atoms with E-state index in [-0.39, 0.29) is 5.82 Å². The number of hydrogen-bond donors (Lipinski definition) is 1. The van der Waals surface area contributed by atoms with E-state index in [2.05, 4.69) is 11.1 Å². The molecule has 0 unspecified atom stereocenters. The SMILES string of the molecule is CCOc1ccc(-c2c(C)c(CC)nc(N)c2C#N)cc1OC. The predicted octanol–water partition coefficient (Wildman–Crippen LogP) is 3.48. The first kappa shape index (κ1) is 16.6. The number of benzene rings is 1. The number of rotatable bonds is 5. The minimum Gasteiger partial charge on any atom is -0.493 e. The molecule has 1 aromatic heterocycles. The molecule has 120 valence electrons. The highest BCUT2D eigenvalue weighted by atomic mass is 16.5. The van der Waals surface area contributed by atoms with E-state index in [0.717, 1.165) is 28.8 Å². The van der Waals surface area contributed by atoms with Crippen molar-refractivity contribution in [3.63, 3.8) is 0 Å². The van der Waals surface area contributed by atoms with E-state index in [1.54, 1.807) is 7.11 Å². The van der Waals surface area contributed by atoms with Crippen molar-refractivity contribution < 1.29 is 9.47 Å². The zero-order valence-electron chi connectivity index (χ0n) is 13.9. The number of aryl methyl sites for hydroxylation is 1. The fourth-order valence-corrected chi connectivity index (χ4v) is 2.66. The van der Waals surface area contributed by atoms with Gasteiger partial charge in [-0.1, -0.05) is 13.0 Å². The van der Waals surface area contributed by atoms with Gasteiger partial charge in [-0.15, -0.1) is 0 Å². The van der Waals surface area contributed by atoms with Crippen LogP contribution in [0.5, 0.6) is 11.5 Å². The molecule has 5 nitrogen and oxygen atoms in total. The third kappa shape index (κ3) is 3.07. The summed E-state index contributed by atoms with van der Waals surface area (Å²) in [6.45, 7) is 6.45. The topological polar surface area (TPSA) is 81.2 Å². The van der Waals surface area contributed by atoms with Gasteiger partial charge in [0.15, 0.2) is 11.5 Å². The number of nitrogens with zero attached hydrogens (tertiary/aromatic N) is 2. The van der Waals surface area contributed by atoms with E-state index in [0.29, 0.717) is 23.7 Å². The lowest BCUT2D eigenvalue weighted by Crippen LogP contribution is -2.05. The van der Waals surface area contributed by atoms with E-state index in [9.17, 15) is 5.26 Å². The summed E-state index contributed by atoms with van der Waals surface area (Å²) in [4.78, 5) is 4.34. The third-order valence-electron chi connectivity index (χ3n) is 3.77. The Hall–Kier alpha value is -2.74. The Morgan fingerprint density at radius 1 is 1.26 bits per heavy atom. The lowest BCUT2D eigenvalue weighted by atomic mass is 9.94. The van der Waals surface area contributed by atoms with Gasteiger partial charge in [-0.3, -0.25) is 0 Å². The molecule has 0 spiro atoms. The molecule has 2 aromatic rings. The van der Waals surface area contributed by atoms with Crippen LogP contribution in [-0.4, -0.2) is 18.7 Å². The van der Waals surface area contributed by atoms with Crippen LogP contribution in [0.25, 0.3) is 11.1 Å². The normalized spacial score (nSPS) is 10.2. The lowest BCUT2D eigenvalue weighted by molar-refractivity contribution is 0.311. The number of nitrogens with two attached hydrogens (primary N) is 1. The van der Waals surface area contributed by atoms with Gasteiger partial charge in [0, 0.05) is 11.3 Å². The summed E-state index contributed by atoms with van der Waals surface area (Å²) >= 11 is 0. The molecule has 2 N–H and O–H groups in total. The first-order valence-electron chi connectivity index (χ1n) is 7.57. The van der Waals surface area contributed by atoms with Crippen LogP contribution in [0.15, 0.2) is 18.2 Å². The van der Waals surface area contributed by atoms with E-state index < -0.39 is 0 Å². The third-order valence-corrected chi connectivity index (χ3v) is 3.77. The number of ether oxygens (including phenoxy) is 2. The van der Waals surface area contributed by atoms with Crippen LogP contribution in [-0.2, 0) is 6.42 Å². The molecule has 0 aliphatic rings. The fraction of sp³-hybridized carbons (Fsp3) is 0.333. The summed E-state index contributed by atoms with van der Waals surface area (Å²) in [5, 5.41) is 9.49. The van der Waals surface area contributed by atoms with Gasteiger partial charge in [-0.05, 0) is 43.5 Å². The fourth-order valence-electron chi connectivity index (χ4n) is 2.66. The van der Waals surface area contributed by atoms with Crippen LogP contribution >= 0.6 is 0 Å². The Kier molecular flexibility index (Phi) is 5.07. The summed E-state index contributed by atoms with van der Waals surface area (Å²) in [6, 6.07) is 7.80. The largest absolute Gasteiger partial charge is 0.493 e. The van der Waals surface area contributed by atoms with Crippen LogP contribution in [0.2, 0.25) is 0 Å². The predicted molar refractivity (Wildman–Crippen MR) is 90.6 cm³/mol. The lowest BCUT2D eigenvalue weighted by Gasteiger charge is -2.16. The Balaban J connectivity index is 2.71. The van der Waals surface area contributed by atoms with Gasteiger partial charge >= 0.3 is 0 Å². The Labute approximate surface area is 136 Å². The molecule has 2 rings (SSSR count). The molecule has 0 aliphatic heterocycles. The van der Waals surface area contributed by atoms with E-state index >= 15 is 0 Å². The zero-order valence-corrected chi connectivity index (χ0v) is 13.9. The van der Waals surface area contributed by atoms with Crippen LogP contribution in [0, 0.1) is 18.3 Å². The van der Waals surface area contributed by atoms with Crippen LogP contribution in [0.3, 0.4) is 0 Å². The highest BCUT2D eigenvalue weighted by Gasteiger charge is 2.18. The molecule has 23 heavy (non-hydrogen) atoms. The zero-order chi connectivity index (χ0) is 17.0. The monoisotopic (exact) mass is 311 g/mol. The minimum absolute atomic E-state index is 0.262. The summed E-state index contributed by atoms with van der Waals surface area (Å²) in [6.07, 6.45) is 0.753. The Morgan fingerprint density at radius 3 is 2.57 bits per heavy atom. The molecule has 0 aliphatic carbocycles. The van der Waals surface area contributed by atoms with Gasteiger partial charge in [0.05, 0.1) is 13.7 Å². The maximum atomic E-state index is 9.49. The second-order valence-electron chi connectivity index (χ2n) is 5.08. The van der Waals surface area contributed by atoms with E-state index in [1.165, 1.54) is 0 Å². The van der Waals surface area contributed by atoms with Gasteiger partial charge in [0.2, 0.25) is 0 Å². The van der Waals surface area contributed by atoms with Crippen molar-refractivity contribution >= 4 is 5.82 Å². The van der Waals surface area contributed by atoms with Gasteiger partial charge in [-0.25, -0.2) is 4.98 Å². The molecular formula is C18H21N3O2. The summed E-state index contributed by atoms with van der Waals surface area (Å²) in [7, 11) is 1.60. The molecule has 0 amide bonds. The smallest absolute Gasteiger partial charge is 0.161 e. The molecule has 5 heteroatoms. The minimum atomic E-state index is 0.262. The molecule has 0 fully saturated rings.